The highest BCUT2D eigenvalue weighted by Crippen LogP contribution is 2.48. The Hall–Kier alpha value is -1.13. The van der Waals surface area contributed by atoms with Gasteiger partial charge in [0.2, 0.25) is 5.91 Å². The van der Waals surface area contributed by atoms with Crippen LogP contribution in [0.5, 0.6) is 0 Å². The van der Waals surface area contributed by atoms with Gasteiger partial charge in [-0.2, -0.15) is 0 Å². The Morgan fingerprint density at radius 1 is 1.20 bits per heavy atom. The van der Waals surface area contributed by atoms with Gasteiger partial charge in [-0.05, 0) is 79.2 Å². The predicted octanol–water partition coefficient (Wildman–Crippen LogP) is 6.14. The van der Waals surface area contributed by atoms with Crippen LogP contribution in [0, 0.1) is 17.8 Å². The van der Waals surface area contributed by atoms with Crippen LogP contribution in [0.3, 0.4) is 0 Å². The fourth-order valence-electron chi connectivity index (χ4n) is 2.90. The van der Waals surface area contributed by atoms with Crippen LogP contribution in [-0.4, -0.2) is 5.91 Å². The van der Waals surface area contributed by atoms with Crippen molar-refractivity contribution >= 4 is 43.8 Å². The second kappa shape index (κ2) is 9.00. The lowest BCUT2D eigenvalue weighted by Gasteiger charge is -2.16. The molecule has 2 N–H and O–H groups in total. The van der Waals surface area contributed by atoms with Gasteiger partial charge in [0.15, 0.2) is 0 Å². The topological polar surface area (TPSA) is 43.1 Å². The fourth-order valence-corrected chi connectivity index (χ4v) is 3.42. The summed E-state index contributed by atoms with van der Waals surface area (Å²) in [4.78, 5) is 11.6. The number of nitrogens with two attached hydrogens (primary N) is 1. The molecule has 4 heteroatoms. The summed E-state index contributed by atoms with van der Waals surface area (Å²) in [6.07, 6.45) is 9.28. The Morgan fingerprint density at radius 3 is 2.36 bits per heavy atom. The van der Waals surface area contributed by atoms with E-state index >= 15 is 0 Å². The number of hydrogen-bond acceptors (Lipinski definition) is 1. The van der Waals surface area contributed by atoms with Crippen LogP contribution in [0.15, 0.2) is 51.5 Å². The van der Waals surface area contributed by atoms with Gasteiger partial charge in [-0.15, -0.1) is 0 Å². The summed E-state index contributed by atoms with van der Waals surface area (Å²) < 4.78 is 0.938. The van der Waals surface area contributed by atoms with Gasteiger partial charge in [0, 0.05) is 5.57 Å². The van der Waals surface area contributed by atoms with Crippen molar-refractivity contribution in [2.75, 3.05) is 0 Å². The maximum atomic E-state index is 11.6. The van der Waals surface area contributed by atoms with Crippen molar-refractivity contribution < 1.29 is 4.79 Å². The molecule has 0 radical (unpaired) electrons. The fraction of sp³-hybridized carbons (Fsp3) is 0.381. The molecule has 0 aliphatic heterocycles. The third-order valence-electron chi connectivity index (χ3n) is 4.89. The minimum absolute atomic E-state index is 0.173. The van der Waals surface area contributed by atoms with E-state index < -0.39 is 0 Å². The molecule has 0 spiro atoms. The SMILES string of the molecule is CC(C)C(C)/C(=C\C=C\C1CC1c1ccc(C=C(Br)Br)cc1)C(N)=O. The zero-order valence-electron chi connectivity index (χ0n) is 14.9. The first-order valence-electron chi connectivity index (χ1n) is 8.60. The maximum absolute atomic E-state index is 11.6. The number of primary amides is 1. The first kappa shape index (κ1) is 20.2. The first-order valence-corrected chi connectivity index (χ1v) is 10.2. The molecule has 2 rings (SSSR count). The highest BCUT2D eigenvalue weighted by atomic mass is 79.9. The van der Waals surface area contributed by atoms with E-state index in [9.17, 15) is 4.79 Å². The van der Waals surface area contributed by atoms with Gasteiger partial charge in [0.1, 0.15) is 0 Å². The lowest BCUT2D eigenvalue weighted by atomic mass is 9.89. The quantitative estimate of drug-likeness (QED) is 0.380. The summed E-state index contributed by atoms with van der Waals surface area (Å²) in [6, 6.07) is 8.65. The van der Waals surface area contributed by atoms with Crippen LogP contribution in [0.1, 0.15) is 44.2 Å². The van der Waals surface area contributed by atoms with Crippen molar-refractivity contribution in [3.63, 3.8) is 0 Å². The van der Waals surface area contributed by atoms with Crippen LogP contribution >= 0.6 is 31.9 Å². The molecule has 3 unspecified atom stereocenters. The second-order valence-electron chi connectivity index (χ2n) is 7.01. The van der Waals surface area contributed by atoms with Crippen molar-refractivity contribution in [1.82, 2.24) is 0 Å². The number of hydrogen-bond donors (Lipinski definition) is 1. The molecular formula is C21H25Br2NO. The summed E-state index contributed by atoms with van der Waals surface area (Å²) in [5, 5.41) is 0. The van der Waals surface area contributed by atoms with Crippen molar-refractivity contribution in [2.24, 2.45) is 23.5 Å². The molecule has 1 aromatic carbocycles. The van der Waals surface area contributed by atoms with Gasteiger partial charge in [-0.1, -0.05) is 63.3 Å². The molecule has 1 aliphatic carbocycles. The monoisotopic (exact) mass is 465 g/mol. The average molecular weight is 467 g/mol. The Balaban J connectivity index is 1.99. The number of rotatable bonds is 7. The number of amides is 1. The molecule has 1 aromatic rings. The van der Waals surface area contributed by atoms with Crippen LogP contribution in [0.4, 0.5) is 0 Å². The molecule has 2 nitrogen and oxygen atoms in total. The van der Waals surface area contributed by atoms with Gasteiger partial charge in [-0.3, -0.25) is 4.79 Å². The summed E-state index contributed by atoms with van der Waals surface area (Å²) in [5.74, 6) is 1.37. The van der Waals surface area contributed by atoms with Gasteiger partial charge in [0.25, 0.3) is 0 Å². The van der Waals surface area contributed by atoms with Crippen molar-refractivity contribution in [3.8, 4) is 0 Å². The van der Waals surface area contributed by atoms with Gasteiger partial charge >= 0.3 is 0 Å². The van der Waals surface area contributed by atoms with E-state index in [2.05, 4.69) is 83.0 Å². The molecule has 1 amide bonds. The van der Waals surface area contributed by atoms with Crippen LogP contribution < -0.4 is 5.73 Å². The molecule has 0 saturated heterocycles. The van der Waals surface area contributed by atoms with Gasteiger partial charge < -0.3 is 5.73 Å². The van der Waals surface area contributed by atoms with E-state index in [-0.39, 0.29) is 11.8 Å². The minimum atomic E-state index is -0.320. The Morgan fingerprint density at radius 2 is 1.84 bits per heavy atom. The van der Waals surface area contributed by atoms with Gasteiger partial charge in [-0.25, -0.2) is 0 Å². The molecule has 1 aliphatic rings. The van der Waals surface area contributed by atoms with E-state index in [1.54, 1.807) is 0 Å². The summed E-state index contributed by atoms with van der Waals surface area (Å²) >= 11 is 6.76. The summed E-state index contributed by atoms with van der Waals surface area (Å²) in [6.45, 7) is 6.26. The number of carbonyl (C=O) groups excluding carboxylic acids is 1. The Kier molecular flexibility index (Phi) is 7.26. The number of halogens is 2. The molecule has 3 atom stereocenters. The van der Waals surface area contributed by atoms with Crippen LogP contribution in [-0.2, 0) is 4.79 Å². The molecule has 0 bridgehead atoms. The van der Waals surface area contributed by atoms with Crippen molar-refractivity contribution in [2.45, 2.75) is 33.1 Å². The zero-order valence-corrected chi connectivity index (χ0v) is 18.0. The lowest BCUT2D eigenvalue weighted by Crippen LogP contribution is -2.21. The highest BCUT2D eigenvalue weighted by Gasteiger charge is 2.35. The normalized spacial score (nSPS) is 21.4. The number of allylic oxidation sites excluding steroid dienone is 3. The Bertz CT molecular complexity index is 697. The molecule has 1 saturated carbocycles. The zero-order chi connectivity index (χ0) is 18.6. The summed E-state index contributed by atoms with van der Waals surface area (Å²) in [7, 11) is 0. The van der Waals surface area contributed by atoms with Crippen molar-refractivity contribution in [3.05, 3.63) is 62.6 Å². The van der Waals surface area contributed by atoms with Crippen LogP contribution in [0.2, 0.25) is 0 Å². The number of benzene rings is 1. The van der Waals surface area contributed by atoms with Crippen LogP contribution in [0.25, 0.3) is 6.08 Å². The van der Waals surface area contributed by atoms with E-state index in [0.29, 0.717) is 23.3 Å². The predicted molar refractivity (Wildman–Crippen MR) is 114 cm³/mol. The van der Waals surface area contributed by atoms with E-state index in [4.69, 9.17) is 5.73 Å². The largest absolute Gasteiger partial charge is 0.366 e. The summed E-state index contributed by atoms with van der Waals surface area (Å²) in [5.41, 5.74) is 8.76. The average Bonchev–Trinajstić information content (AvgIpc) is 3.30. The first-order chi connectivity index (χ1) is 11.8. The van der Waals surface area contributed by atoms with Gasteiger partial charge in [0.05, 0.1) is 3.39 Å². The maximum Gasteiger partial charge on any atom is 0.244 e. The third-order valence-corrected chi connectivity index (χ3v) is 5.35. The highest BCUT2D eigenvalue weighted by molar-refractivity contribution is 9.28. The Labute approximate surface area is 167 Å². The molecular weight excluding hydrogens is 442 g/mol. The standard InChI is InChI=1S/C21H25Br2NO/c1-13(2)14(3)18(21(24)25)6-4-5-17-12-19(17)16-9-7-15(8-10-16)11-20(22)23/h4-11,13-14,17,19H,12H2,1-3H3,(H2,24,25)/b5-4+,18-6+. The molecule has 0 heterocycles. The van der Waals surface area contributed by atoms with E-state index in [1.807, 2.05) is 18.2 Å². The molecule has 0 aromatic heterocycles. The third kappa shape index (κ3) is 5.96. The van der Waals surface area contributed by atoms with Crippen molar-refractivity contribution in [1.29, 1.82) is 0 Å². The second-order valence-corrected chi connectivity index (χ2v) is 9.78. The smallest absolute Gasteiger partial charge is 0.244 e. The van der Waals surface area contributed by atoms with E-state index in [1.165, 1.54) is 5.56 Å². The minimum Gasteiger partial charge on any atom is -0.366 e. The van der Waals surface area contributed by atoms with E-state index in [0.717, 1.165) is 15.4 Å². The molecule has 1 fully saturated rings. The molecule has 134 valence electrons. The number of carbonyl (C=O) groups is 1. The molecule has 25 heavy (non-hydrogen) atoms. The lowest BCUT2D eigenvalue weighted by molar-refractivity contribution is -0.115.